The largest absolute Gasteiger partial charge is 0.373 e. The van der Waals surface area contributed by atoms with E-state index >= 15 is 0 Å². The number of halogens is 1. The molecule has 3 aliphatic heterocycles. The zero-order valence-corrected chi connectivity index (χ0v) is 19.3. The standard InChI is InChI=1S/C22H34N4O.HI/c1-2-23-22(25-20-14-19-8-9-21(20)27-19)24-15-18-11-13-26(16-18)12-10-17-6-4-3-5-7-17;/h3-7,18-21H,2,8-16H2,1H3,(H2,23,24,25);1H. The van der Waals surface area contributed by atoms with Gasteiger partial charge in [-0.05, 0) is 57.1 Å². The summed E-state index contributed by atoms with van der Waals surface area (Å²) in [5.74, 6) is 1.65. The highest BCUT2D eigenvalue weighted by Crippen LogP contribution is 2.34. The van der Waals surface area contributed by atoms with Gasteiger partial charge in [0, 0.05) is 26.2 Å². The van der Waals surface area contributed by atoms with Crippen molar-refractivity contribution in [3.8, 4) is 0 Å². The minimum absolute atomic E-state index is 0. The molecule has 3 aliphatic rings. The quantitative estimate of drug-likeness (QED) is 0.345. The third-order valence-corrected chi connectivity index (χ3v) is 6.21. The molecule has 0 spiro atoms. The Bertz CT molecular complexity index is 626. The van der Waals surface area contributed by atoms with E-state index in [0.717, 1.165) is 38.4 Å². The molecule has 2 N–H and O–H groups in total. The molecule has 4 rings (SSSR count). The fraction of sp³-hybridized carbons (Fsp3) is 0.682. The minimum Gasteiger partial charge on any atom is -0.373 e. The van der Waals surface area contributed by atoms with Crippen molar-refractivity contribution in [2.75, 3.05) is 32.7 Å². The molecule has 1 aromatic rings. The number of rotatable bonds is 7. The highest BCUT2D eigenvalue weighted by atomic mass is 127. The van der Waals surface area contributed by atoms with Crippen molar-refractivity contribution < 1.29 is 4.74 Å². The molecule has 3 fully saturated rings. The van der Waals surface area contributed by atoms with Gasteiger partial charge in [-0.15, -0.1) is 24.0 Å². The summed E-state index contributed by atoms with van der Waals surface area (Å²) in [6.07, 6.45) is 6.83. The Morgan fingerprint density at radius 3 is 2.79 bits per heavy atom. The van der Waals surface area contributed by atoms with E-state index in [9.17, 15) is 0 Å². The van der Waals surface area contributed by atoms with Gasteiger partial charge in [-0.2, -0.15) is 0 Å². The maximum atomic E-state index is 5.97. The number of guanidine groups is 1. The Morgan fingerprint density at radius 1 is 1.21 bits per heavy atom. The van der Waals surface area contributed by atoms with Gasteiger partial charge in [-0.3, -0.25) is 4.99 Å². The fourth-order valence-electron chi connectivity index (χ4n) is 4.70. The van der Waals surface area contributed by atoms with Crippen molar-refractivity contribution in [2.24, 2.45) is 10.9 Å². The van der Waals surface area contributed by atoms with Crippen LogP contribution in [0.15, 0.2) is 35.3 Å². The predicted octanol–water partition coefficient (Wildman–Crippen LogP) is 3.04. The fourth-order valence-corrected chi connectivity index (χ4v) is 4.70. The number of benzene rings is 1. The van der Waals surface area contributed by atoms with Gasteiger partial charge < -0.3 is 20.3 Å². The van der Waals surface area contributed by atoms with Crippen LogP contribution in [0.4, 0.5) is 0 Å². The van der Waals surface area contributed by atoms with Crippen molar-refractivity contribution in [3.63, 3.8) is 0 Å². The zero-order chi connectivity index (χ0) is 18.5. The number of fused-ring (bicyclic) bond motifs is 2. The number of ether oxygens (including phenoxy) is 1. The molecule has 0 radical (unpaired) electrons. The Morgan fingerprint density at radius 2 is 2.07 bits per heavy atom. The van der Waals surface area contributed by atoms with Crippen LogP contribution in [0.2, 0.25) is 0 Å². The predicted molar refractivity (Wildman–Crippen MR) is 126 cm³/mol. The van der Waals surface area contributed by atoms with E-state index < -0.39 is 0 Å². The zero-order valence-electron chi connectivity index (χ0n) is 17.0. The molecule has 0 saturated carbocycles. The van der Waals surface area contributed by atoms with Gasteiger partial charge >= 0.3 is 0 Å². The average molecular weight is 498 g/mol. The Balaban J connectivity index is 0.00000225. The number of nitrogens with one attached hydrogen (secondary N) is 2. The van der Waals surface area contributed by atoms with E-state index in [2.05, 4.69) is 52.8 Å². The number of hydrogen-bond acceptors (Lipinski definition) is 3. The van der Waals surface area contributed by atoms with E-state index in [0.29, 0.717) is 24.2 Å². The number of likely N-dealkylation sites (tertiary alicyclic amines) is 1. The summed E-state index contributed by atoms with van der Waals surface area (Å²) in [6.45, 7) is 7.49. The van der Waals surface area contributed by atoms with Crippen LogP contribution < -0.4 is 10.6 Å². The molecule has 4 atom stereocenters. The van der Waals surface area contributed by atoms with E-state index in [1.54, 1.807) is 0 Å². The summed E-state index contributed by atoms with van der Waals surface area (Å²) >= 11 is 0. The minimum atomic E-state index is 0. The van der Waals surface area contributed by atoms with Crippen molar-refractivity contribution in [2.45, 2.75) is 57.3 Å². The van der Waals surface area contributed by atoms with Crippen LogP contribution in [0.3, 0.4) is 0 Å². The monoisotopic (exact) mass is 498 g/mol. The smallest absolute Gasteiger partial charge is 0.191 e. The van der Waals surface area contributed by atoms with Crippen LogP contribution >= 0.6 is 24.0 Å². The van der Waals surface area contributed by atoms with E-state index in [-0.39, 0.29) is 24.0 Å². The summed E-state index contributed by atoms with van der Waals surface area (Å²) in [6, 6.07) is 11.2. The summed E-state index contributed by atoms with van der Waals surface area (Å²) in [5.41, 5.74) is 1.44. The second kappa shape index (κ2) is 10.8. The maximum Gasteiger partial charge on any atom is 0.191 e. The van der Waals surface area contributed by atoms with E-state index in [1.165, 1.54) is 37.9 Å². The molecule has 1 aromatic carbocycles. The van der Waals surface area contributed by atoms with Crippen molar-refractivity contribution in [1.29, 1.82) is 0 Å². The summed E-state index contributed by atoms with van der Waals surface area (Å²) in [4.78, 5) is 7.50. The number of aliphatic imine (C=N–C) groups is 1. The second-order valence-electron chi connectivity index (χ2n) is 8.27. The molecule has 0 aromatic heterocycles. The Labute approximate surface area is 186 Å². The van der Waals surface area contributed by atoms with Gasteiger partial charge in [0.2, 0.25) is 0 Å². The molecule has 0 amide bonds. The van der Waals surface area contributed by atoms with Crippen LogP contribution in [-0.2, 0) is 11.2 Å². The maximum absolute atomic E-state index is 5.97. The third-order valence-electron chi connectivity index (χ3n) is 6.21. The first-order chi connectivity index (χ1) is 13.3. The SMILES string of the molecule is CCNC(=NCC1CCN(CCc2ccccc2)C1)NC1CC2CCC1O2.I. The first-order valence-electron chi connectivity index (χ1n) is 10.8. The first kappa shape index (κ1) is 21.8. The van der Waals surface area contributed by atoms with Crippen molar-refractivity contribution in [3.05, 3.63) is 35.9 Å². The van der Waals surface area contributed by atoms with Crippen LogP contribution in [0.25, 0.3) is 0 Å². The highest BCUT2D eigenvalue weighted by molar-refractivity contribution is 14.0. The number of hydrogen-bond donors (Lipinski definition) is 2. The lowest BCUT2D eigenvalue weighted by Crippen LogP contribution is -2.47. The molecule has 3 saturated heterocycles. The Kier molecular flexibility index (Phi) is 8.41. The molecule has 28 heavy (non-hydrogen) atoms. The van der Waals surface area contributed by atoms with Gasteiger partial charge in [0.25, 0.3) is 0 Å². The molecule has 0 aliphatic carbocycles. The normalized spacial score (nSPS) is 29.7. The second-order valence-corrected chi connectivity index (χ2v) is 8.27. The van der Waals surface area contributed by atoms with Gasteiger partial charge in [0.15, 0.2) is 5.96 Å². The van der Waals surface area contributed by atoms with E-state index in [4.69, 9.17) is 9.73 Å². The van der Waals surface area contributed by atoms with Gasteiger partial charge in [-0.25, -0.2) is 0 Å². The summed E-state index contributed by atoms with van der Waals surface area (Å²) in [7, 11) is 0. The van der Waals surface area contributed by atoms with Crippen LogP contribution in [0.1, 0.15) is 38.2 Å². The van der Waals surface area contributed by atoms with Gasteiger partial charge in [-0.1, -0.05) is 30.3 Å². The van der Waals surface area contributed by atoms with Gasteiger partial charge in [0.05, 0.1) is 18.2 Å². The van der Waals surface area contributed by atoms with Crippen LogP contribution in [0, 0.1) is 5.92 Å². The van der Waals surface area contributed by atoms with Gasteiger partial charge in [0.1, 0.15) is 0 Å². The molecule has 2 bridgehead atoms. The molecular formula is C22H35IN4O. The lowest BCUT2D eigenvalue weighted by atomic mass is 9.96. The topological polar surface area (TPSA) is 48.9 Å². The highest BCUT2D eigenvalue weighted by Gasteiger charge is 2.41. The van der Waals surface area contributed by atoms with E-state index in [1.807, 2.05) is 0 Å². The molecule has 4 unspecified atom stereocenters. The first-order valence-corrected chi connectivity index (χ1v) is 10.8. The number of nitrogens with zero attached hydrogens (tertiary/aromatic N) is 2. The molecule has 3 heterocycles. The lowest BCUT2D eigenvalue weighted by molar-refractivity contribution is 0.0992. The average Bonchev–Trinajstić information content (AvgIpc) is 3.43. The van der Waals surface area contributed by atoms with Crippen molar-refractivity contribution >= 4 is 29.9 Å². The molecule has 5 nitrogen and oxygen atoms in total. The Hall–Kier alpha value is -0.860. The summed E-state index contributed by atoms with van der Waals surface area (Å²) < 4.78 is 5.97. The third kappa shape index (κ3) is 5.83. The molecular weight excluding hydrogens is 463 g/mol. The van der Waals surface area contributed by atoms with Crippen LogP contribution in [0.5, 0.6) is 0 Å². The van der Waals surface area contributed by atoms with Crippen LogP contribution in [-0.4, -0.2) is 61.8 Å². The summed E-state index contributed by atoms with van der Waals surface area (Å²) in [5, 5.41) is 7.05. The van der Waals surface area contributed by atoms with Crippen molar-refractivity contribution in [1.82, 2.24) is 15.5 Å². The molecule has 6 heteroatoms. The lowest BCUT2D eigenvalue weighted by Gasteiger charge is -2.23. The molecule has 156 valence electrons.